The van der Waals surface area contributed by atoms with E-state index in [4.69, 9.17) is 5.73 Å². The Labute approximate surface area is 72.5 Å². The quantitative estimate of drug-likeness (QED) is 0.620. The molecule has 4 nitrogen and oxygen atoms in total. The van der Waals surface area contributed by atoms with Crippen LogP contribution in [0.25, 0.3) is 0 Å². The molecule has 0 saturated heterocycles. The third-order valence-electron chi connectivity index (χ3n) is 1.56. The van der Waals surface area contributed by atoms with Gasteiger partial charge in [0.15, 0.2) is 0 Å². The van der Waals surface area contributed by atoms with Crippen LogP contribution in [0.3, 0.4) is 0 Å². The van der Waals surface area contributed by atoms with Crippen molar-refractivity contribution in [3.63, 3.8) is 0 Å². The van der Waals surface area contributed by atoms with Crippen molar-refractivity contribution in [3.05, 3.63) is 0 Å². The molecule has 2 amide bonds. The normalized spacial score (nSPS) is 12.2. The first kappa shape index (κ1) is 10.9. The van der Waals surface area contributed by atoms with Crippen molar-refractivity contribution in [3.8, 4) is 0 Å². The lowest BCUT2D eigenvalue weighted by Gasteiger charge is -2.08. The van der Waals surface area contributed by atoms with Crippen LogP contribution in [0.15, 0.2) is 0 Å². The highest BCUT2D eigenvalue weighted by Gasteiger charge is 2.10. The Hall–Kier alpha value is -1.06. The van der Waals surface area contributed by atoms with E-state index < -0.39 is 11.9 Å². The fourth-order valence-corrected chi connectivity index (χ4v) is 0.722. The van der Waals surface area contributed by atoms with Crippen molar-refractivity contribution in [2.75, 3.05) is 0 Å². The van der Waals surface area contributed by atoms with Crippen LogP contribution in [-0.2, 0) is 9.59 Å². The molecule has 0 radical (unpaired) electrons. The molecule has 0 aromatic heterocycles. The minimum absolute atomic E-state index is 0.108. The highest BCUT2D eigenvalue weighted by Crippen LogP contribution is 1.93. The Morgan fingerprint density at radius 2 is 2.08 bits per heavy atom. The van der Waals surface area contributed by atoms with Crippen LogP contribution in [0.2, 0.25) is 0 Å². The van der Waals surface area contributed by atoms with Gasteiger partial charge in [-0.05, 0) is 13.3 Å². The van der Waals surface area contributed by atoms with Gasteiger partial charge >= 0.3 is 0 Å². The molecule has 3 N–H and O–H groups in total. The maximum absolute atomic E-state index is 11.0. The summed E-state index contributed by atoms with van der Waals surface area (Å²) in [6, 6.07) is -0.561. The summed E-state index contributed by atoms with van der Waals surface area (Å²) in [7, 11) is 0. The van der Waals surface area contributed by atoms with E-state index in [2.05, 4.69) is 5.32 Å². The molecule has 4 heteroatoms. The number of carbonyl (C=O) groups excluding carboxylic acids is 2. The maximum atomic E-state index is 11.0. The zero-order valence-electron chi connectivity index (χ0n) is 7.59. The van der Waals surface area contributed by atoms with Gasteiger partial charge in [0.25, 0.3) is 0 Å². The third-order valence-corrected chi connectivity index (χ3v) is 1.56. The Morgan fingerprint density at radius 3 is 2.50 bits per heavy atom. The molecule has 0 spiro atoms. The van der Waals surface area contributed by atoms with Crippen LogP contribution in [-0.4, -0.2) is 17.9 Å². The fraction of sp³-hybridized carbons (Fsp3) is 0.750. The first-order valence-corrected chi connectivity index (χ1v) is 4.16. The van der Waals surface area contributed by atoms with Crippen molar-refractivity contribution < 1.29 is 9.59 Å². The lowest BCUT2D eigenvalue weighted by atomic mass is 10.2. The van der Waals surface area contributed by atoms with Gasteiger partial charge in [-0.3, -0.25) is 9.59 Å². The van der Waals surface area contributed by atoms with Gasteiger partial charge in [-0.15, -0.1) is 0 Å². The van der Waals surface area contributed by atoms with E-state index in [0.717, 1.165) is 12.8 Å². The largest absolute Gasteiger partial charge is 0.368 e. The summed E-state index contributed by atoms with van der Waals surface area (Å²) in [5.74, 6) is -0.608. The Kier molecular flexibility index (Phi) is 5.08. The zero-order chi connectivity index (χ0) is 9.56. The number of carbonyl (C=O) groups is 2. The molecular weight excluding hydrogens is 156 g/mol. The van der Waals surface area contributed by atoms with Crippen molar-refractivity contribution in [1.82, 2.24) is 5.32 Å². The molecule has 0 aliphatic heterocycles. The lowest BCUT2D eigenvalue weighted by molar-refractivity contribution is -0.127. The summed E-state index contributed by atoms with van der Waals surface area (Å²) >= 11 is 0. The van der Waals surface area contributed by atoms with Gasteiger partial charge in [0.05, 0.1) is 0 Å². The van der Waals surface area contributed by atoms with Gasteiger partial charge in [-0.1, -0.05) is 13.3 Å². The predicted octanol–water partition coefficient (Wildman–Crippen LogP) is 0.167. The second-order valence-electron chi connectivity index (χ2n) is 2.80. The van der Waals surface area contributed by atoms with Crippen LogP contribution >= 0.6 is 0 Å². The SMILES string of the molecule is CCCCC(=O)N[C@H](C)C(N)=O. The molecule has 0 aliphatic carbocycles. The van der Waals surface area contributed by atoms with E-state index in [-0.39, 0.29) is 5.91 Å². The third kappa shape index (κ3) is 4.71. The van der Waals surface area contributed by atoms with E-state index in [0.29, 0.717) is 6.42 Å². The van der Waals surface area contributed by atoms with Gasteiger partial charge in [0.2, 0.25) is 11.8 Å². The van der Waals surface area contributed by atoms with Crippen molar-refractivity contribution in [2.45, 2.75) is 39.2 Å². The average molecular weight is 172 g/mol. The average Bonchev–Trinajstić information content (AvgIpc) is 2.00. The number of rotatable bonds is 5. The molecule has 1 atom stereocenters. The summed E-state index contributed by atoms with van der Waals surface area (Å²) < 4.78 is 0. The molecule has 0 aromatic carbocycles. The molecule has 0 bridgehead atoms. The number of nitrogens with one attached hydrogen (secondary N) is 1. The number of hydrogen-bond donors (Lipinski definition) is 2. The molecule has 70 valence electrons. The summed E-state index contributed by atoms with van der Waals surface area (Å²) in [5, 5.41) is 2.50. The fourth-order valence-electron chi connectivity index (χ4n) is 0.722. The minimum atomic E-state index is -0.561. The number of amides is 2. The second-order valence-corrected chi connectivity index (χ2v) is 2.80. The van der Waals surface area contributed by atoms with Crippen molar-refractivity contribution in [1.29, 1.82) is 0 Å². The first-order chi connectivity index (χ1) is 5.57. The van der Waals surface area contributed by atoms with Crippen molar-refractivity contribution in [2.24, 2.45) is 5.73 Å². The lowest BCUT2D eigenvalue weighted by Crippen LogP contribution is -2.42. The Bertz CT molecular complexity index is 168. The molecule has 0 rings (SSSR count). The molecule has 0 saturated carbocycles. The molecule has 0 aliphatic rings. The summed E-state index contributed by atoms with van der Waals surface area (Å²) in [5.41, 5.74) is 4.96. The van der Waals surface area contributed by atoms with Gasteiger partial charge < -0.3 is 11.1 Å². The van der Waals surface area contributed by atoms with E-state index in [9.17, 15) is 9.59 Å². The highest BCUT2D eigenvalue weighted by molar-refractivity contribution is 5.86. The molecular formula is C8H16N2O2. The van der Waals surface area contributed by atoms with Gasteiger partial charge in [0.1, 0.15) is 6.04 Å². The maximum Gasteiger partial charge on any atom is 0.239 e. The summed E-state index contributed by atoms with van der Waals surface area (Å²) in [6.07, 6.45) is 2.28. The Balaban J connectivity index is 3.61. The van der Waals surface area contributed by atoms with Crippen LogP contribution < -0.4 is 11.1 Å². The van der Waals surface area contributed by atoms with E-state index in [1.807, 2.05) is 6.92 Å². The molecule has 0 fully saturated rings. The van der Waals surface area contributed by atoms with Crippen LogP contribution in [0.4, 0.5) is 0 Å². The first-order valence-electron chi connectivity index (χ1n) is 4.16. The summed E-state index contributed by atoms with van der Waals surface area (Å²) in [4.78, 5) is 21.5. The molecule has 12 heavy (non-hydrogen) atoms. The topological polar surface area (TPSA) is 72.2 Å². The molecule has 0 heterocycles. The van der Waals surface area contributed by atoms with E-state index in [1.165, 1.54) is 0 Å². The van der Waals surface area contributed by atoms with Gasteiger partial charge in [0, 0.05) is 6.42 Å². The van der Waals surface area contributed by atoms with Gasteiger partial charge in [-0.2, -0.15) is 0 Å². The number of unbranched alkanes of at least 4 members (excludes halogenated alkanes) is 1. The second kappa shape index (κ2) is 5.57. The molecule has 0 aromatic rings. The van der Waals surface area contributed by atoms with Crippen LogP contribution in [0.5, 0.6) is 0 Å². The number of primary amides is 1. The van der Waals surface area contributed by atoms with E-state index >= 15 is 0 Å². The zero-order valence-corrected chi connectivity index (χ0v) is 7.59. The molecule has 0 unspecified atom stereocenters. The highest BCUT2D eigenvalue weighted by atomic mass is 16.2. The van der Waals surface area contributed by atoms with E-state index in [1.54, 1.807) is 6.92 Å². The van der Waals surface area contributed by atoms with Crippen LogP contribution in [0.1, 0.15) is 33.1 Å². The predicted molar refractivity (Wildman–Crippen MR) is 46.3 cm³/mol. The van der Waals surface area contributed by atoms with Crippen molar-refractivity contribution >= 4 is 11.8 Å². The number of hydrogen-bond acceptors (Lipinski definition) is 2. The smallest absolute Gasteiger partial charge is 0.239 e. The number of nitrogens with two attached hydrogens (primary N) is 1. The Morgan fingerprint density at radius 1 is 1.50 bits per heavy atom. The standard InChI is InChI=1S/C8H16N2O2/c1-3-4-5-7(11)10-6(2)8(9)12/h6H,3-5H2,1-2H3,(H2,9,12)(H,10,11)/t6-/m1/s1. The summed E-state index contributed by atoms with van der Waals surface area (Å²) in [6.45, 7) is 3.58. The minimum Gasteiger partial charge on any atom is -0.368 e. The van der Waals surface area contributed by atoms with Gasteiger partial charge in [-0.25, -0.2) is 0 Å². The monoisotopic (exact) mass is 172 g/mol. The van der Waals surface area contributed by atoms with Crippen LogP contribution in [0, 0.1) is 0 Å².